The molecule has 0 atom stereocenters. The number of hydrogen-bond acceptors (Lipinski definition) is 3. The summed E-state index contributed by atoms with van der Waals surface area (Å²) in [5.74, 6) is -0.807. The van der Waals surface area contributed by atoms with E-state index in [1.54, 1.807) is 4.68 Å². The lowest BCUT2D eigenvalue weighted by molar-refractivity contribution is -0.136. The van der Waals surface area contributed by atoms with Gasteiger partial charge in [0.2, 0.25) is 0 Å². The average Bonchev–Trinajstić information content (AvgIpc) is 2.78. The van der Waals surface area contributed by atoms with Crippen molar-refractivity contribution in [1.82, 2.24) is 9.78 Å². The van der Waals surface area contributed by atoms with Crippen LogP contribution >= 0.6 is 0 Å². The Hall–Kier alpha value is -2.30. The zero-order valence-electron chi connectivity index (χ0n) is 11.8. The van der Waals surface area contributed by atoms with E-state index in [0.717, 1.165) is 28.9 Å². The van der Waals surface area contributed by atoms with Crippen molar-refractivity contribution in [2.45, 2.75) is 26.3 Å². The number of nitrogens with one attached hydrogen (secondary N) is 1. The van der Waals surface area contributed by atoms with Gasteiger partial charge >= 0.3 is 5.97 Å². The van der Waals surface area contributed by atoms with Gasteiger partial charge in [0, 0.05) is 19.8 Å². The maximum Gasteiger partial charge on any atom is 0.307 e. The van der Waals surface area contributed by atoms with Crippen molar-refractivity contribution in [1.29, 1.82) is 0 Å². The Bertz CT molecular complexity index is 588. The van der Waals surface area contributed by atoms with Gasteiger partial charge in [0.05, 0.1) is 17.8 Å². The largest absolute Gasteiger partial charge is 0.481 e. The Morgan fingerprint density at radius 2 is 1.95 bits per heavy atom. The molecule has 2 N–H and O–H groups in total. The first-order chi connectivity index (χ1) is 9.58. The van der Waals surface area contributed by atoms with E-state index in [1.807, 2.05) is 37.5 Å². The molecule has 5 nitrogen and oxygen atoms in total. The summed E-state index contributed by atoms with van der Waals surface area (Å²) in [7, 11) is 1.91. The molecule has 0 aliphatic heterocycles. The minimum absolute atomic E-state index is 0.0658. The van der Waals surface area contributed by atoms with E-state index in [9.17, 15) is 4.79 Å². The fourth-order valence-electron chi connectivity index (χ4n) is 2.09. The fraction of sp³-hybridized carbons (Fsp3) is 0.333. The summed E-state index contributed by atoms with van der Waals surface area (Å²) >= 11 is 0. The van der Waals surface area contributed by atoms with Crippen LogP contribution in [0.5, 0.6) is 0 Å². The van der Waals surface area contributed by atoms with Crippen LogP contribution in [0, 0.1) is 0 Å². The predicted octanol–water partition coefficient (Wildman–Crippen LogP) is 2.22. The van der Waals surface area contributed by atoms with Gasteiger partial charge in [-0.05, 0) is 17.5 Å². The summed E-state index contributed by atoms with van der Waals surface area (Å²) in [6.45, 7) is 2.78. The number of aromatic nitrogens is 2. The molecule has 0 spiro atoms. The van der Waals surface area contributed by atoms with Crippen LogP contribution in [0.1, 0.15) is 23.7 Å². The third-order valence-electron chi connectivity index (χ3n) is 3.10. The van der Waals surface area contributed by atoms with Crippen molar-refractivity contribution in [2.24, 2.45) is 7.05 Å². The van der Waals surface area contributed by atoms with E-state index in [4.69, 9.17) is 5.11 Å². The summed E-state index contributed by atoms with van der Waals surface area (Å²) in [6, 6.07) is 7.62. The summed E-state index contributed by atoms with van der Waals surface area (Å²) in [5.41, 5.74) is 4.03. The molecule has 1 heterocycles. The van der Waals surface area contributed by atoms with Gasteiger partial charge in [0.15, 0.2) is 0 Å². The topological polar surface area (TPSA) is 67.2 Å². The van der Waals surface area contributed by atoms with Gasteiger partial charge in [-0.3, -0.25) is 9.48 Å². The van der Waals surface area contributed by atoms with Gasteiger partial charge in [-0.2, -0.15) is 5.10 Å². The van der Waals surface area contributed by atoms with Crippen LogP contribution in [0.4, 0.5) is 5.69 Å². The molecule has 0 amide bonds. The molecule has 0 radical (unpaired) electrons. The summed E-state index contributed by atoms with van der Waals surface area (Å²) < 4.78 is 1.80. The molecule has 20 heavy (non-hydrogen) atoms. The molecule has 0 saturated carbocycles. The monoisotopic (exact) mass is 273 g/mol. The molecule has 1 aromatic carbocycles. The summed E-state index contributed by atoms with van der Waals surface area (Å²) in [4.78, 5) is 10.6. The lowest BCUT2D eigenvalue weighted by Crippen LogP contribution is -2.02. The minimum Gasteiger partial charge on any atom is -0.481 e. The zero-order chi connectivity index (χ0) is 14.5. The number of hydrogen-bond donors (Lipinski definition) is 2. The van der Waals surface area contributed by atoms with Crippen molar-refractivity contribution >= 4 is 11.7 Å². The van der Waals surface area contributed by atoms with Crippen molar-refractivity contribution < 1.29 is 9.90 Å². The smallest absolute Gasteiger partial charge is 0.307 e. The maximum atomic E-state index is 10.6. The third-order valence-corrected chi connectivity index (χ3v) is 3.10. The van der Waals surface area contributed by atoms with Crippen LogP contribution in [-0.4, -0.2) is 20.9 Å². The second-order valence-corrected chi connectivity index (χ2v) is 4.76. The Kier molecular flexibility index (Phi) is 4.40. The average molecular weight is 273 g/mol. The molecule has 1 aromatic heterocycles. The third kappa shape index (κ3) is 3.60. The highest BCUT2D eigenvalue weighted by Crippen LogP contribution is 2.15. The Morgan fingerprint density at radius 3 is 2.55 bits per heavy atom. The molecule has 0 bridgehead atoms. The fourth-order valence-corrected chi connectivity index (χ4v) is 2.09. The lowest BCUT2D eigenvalue weighted by Gasteiger charge is -2.06. The van der Waals surface area contributed by atoms with Gasteiger partial charge < -0.3 is 10.4 Å². The van der Waals surface area contributed by atoms with Gasteiger partial charge in [-0.1, -0.05) is 31.2 Å². The first kappa shape index (κ1) is 14.1. The van der Waals surface area contributed by atoms with E-state index >= 15 is 0 Å². The van der Waals surface area contributed by atoms with Crippen molar-refractivity contribution in [3.63, 3.8) is 0 Å². The van der Waals surface area contributed by atoms with E-state index in [1.165, 1.54) is 0 Å². The Balaban J connectivity index is 1.98. The molecule has 2 aromatic rings. The van der Waals surface area contributed by atoms with E-state index in [-0.39, 0.29) is 6.42 Å². The lowest BCUT2D eigenvalue weighted by atomic mass is 10.1. The number of aryl methyl sites for hydroxylation is 2. The Labute approximate surface area is 118 Å². The number of rotatable bonds is 6. The van der Waals surface area contributed by atoms with Crippen LogP contribution < -0.4 is 5.32 Å². The molecule has 0 aliphatic carbocycles. The quantitative estimate of drug-likeness (QED) is 0.847. The molecule has 0 aliphatic rings. The number of carboxylic acid groups (broad SMARTS) is 1. The Morgan fingerprint density at radius 1 is 1.30 bits per heavy atom. The minimum atomic E-state index is -0.807. The first-order valence-electron chi connectivity index (χ1n) is 6.64. The van der Waals surface area contributed by atoms with E-state index < -0.39 is 5.97 Å². The van der Waals surface area contributed by atoms with Gasteiger partial charge in [0.25, 0.3) is 0 Å². The van der Waals surface area contributed by atoms with Crippen LogP contribution in [-0.2, 0) is 31.2 Å². The van der Waals surface area contributed by atoms with Crippen LogP contribution in [0.15, 0.2) is 30.5 Å². The van der Waals surface area contributed by atoms with E-state index in [0.29, 0.717) is 6.54 Å². The highest BCUT2D eigenvalue weighted by atomic mass is 16.4. The molecular formula is C15H19N3O2. The summed E-state index contributed by atoms with van der Waals surface area (Å²) in [6.07, 6.45) is 2.93. The van der Waals surface area contributed by atoms with Crippen LogP contribution in [0.3, 0.4) is 0 Å². The maximum absolute atomic E-state index is 10.6. The van der Waals surface area contributed by atoms with Crippen molar-refractivity contribution in [2.75, 3.05) is 5.32 Å². The number of carboxylic acids is 1. The van der Waals surface area contributed by atoms with Gasteiger partial charge in [0.1, 0.15) is 0 Å². The molecule has 0 unspecified atom stereocenters. The van der Waals surface area contributed by atoms with Gasteiger partial charge in [-0.25, -0.2) is 0 Å². The number of carbonyl (C=O) groups is 1. The first-order valence-corrected chi connectivity index (χ1v) is 6.64. The molecule has 2 rings (SSSR count). The second-order valence-electron chi connectivity index (χ2n) is 4.76. The normalized spacial score (nSPS) is 10.5. The number of anilines is 1. The second kappa shape index (κ2) is 6.23. The van der Waals surface area contributed by atoms with Crippen LogP contribution in [0.2, 0.25) is 0 Å². The number of aliphatic carboxylic acids is 1. The highest BCUT2D eigenvalue weighted by molar-refractivity contribution is 5.70. The number of benzene rings is 1. The zero-order valence-corrected chi connectivity index (χ0v) is 11.8. The highest BCUT2D eigenvalue weighted by Gasteiger charge is 2.05. The van der Waals surface area contributed by atoms with E-state index in [2.05, 4.69) is 17.3 Å². The molecular weight excluding hydrogens is 254 g/mol. The van der Waals surface area contributed by atoms with Gasteiger partial charge in [-0.15, -0.1) is 0 Å². The van der Waals surface area contributed by atoms with Crippen LogP contribution in [0.25, 0.3) is 0 Å². The molecule has 5 heteroatoms. The van der Waals surface area contributed by atoms with Crippen molar-refractivity contribution in [3.05, 3.63) is 47.3 Å². The molecule has 0 saturated heterocycles. The predicted molar refractivity (Wildman–Crippen MR) is 77.7 cm³/mol. The molecule has 0 fully saturated rings. The SMILES string of the molecule is CCc1nn(C)cc1NCc1ccc(CC(=O)O)cc1. The number of nitrogens with zero attached hydrogens (tertiary/aromatic N) is 2. The molecule has 106 valence electrons. The van der Waals surface area contributed by atoms with Crippen molar-refractivity contribution in [3.8, 4) is 0 Å². The summed E-state index contributed by atoms with van der Waals surface area (Å²) in [5, 5.41) is 16.5. The standard InChI is InChI=1S/C15H19N3O2/c1-3-13-14(10-18(2)17-13)16-9-12-6-4-11(5-7-12)8-15(19)20/h4-7,10,16H,3,8-9H2,1-2H3,(H,19,20).